The topological polar surface area (TPSA) is 108 Å². The summed E-state index contributed by atoms with van der Waals surface area (Å²) >= 11 is 12.5. The molecule has 2 aromatic carbocycles. The second-order valence-corrected chi connectivity index (χ2v) is 7.32. The van der Waals surface area contributed by atoms with Gasteiger partial charge in [0.05, 0.1) is 38.1 Å². The fourth-order valence-electron chi connectivity index (χ4n) is 2.78. The molecule has 0 aliphatic rings. The molecular weight excluding hydrogens is 473 g/mol. The van der Waals surface area contributed by atoms with Gasteiger partial charge < -0.3 is 24.3 Å². The lowest BCUT2D eigenvalue weighted by atomic mass is 10.2. The maximum atomic E-state index is 12.8. The Kier molecular flexibility index (Phi) is 9.74. The summed E-state index contributed by atoms with van der Waals surface area (Å²) in [5, 5.41) is 11.1. The van der Waals surface area contributed by atoms with Crippen LogP contribution in [0.2, 0.25) is 10.0 Å². The normalized spacial score (nSPS) is 11.7. The lowest BCUT2D eigenvalue weighted by Crippen LogP contribution is -2.31. The molecule has 0 spiro atoms. The van der Waals surface area contributed by atoms with Crippen molar-refractivity contribution < 1.29 is 28.5 Å². The number of anilines is 1. The van der Waals surface area contributed by atoms with Crippen LogP contribution in [0.5, 0.6) is 23.0 Å². The van der Waals surface area contributed by atoms with E-state index in [2.05, 4.69) is 15.5 Å². The van der Waals surface area contributed by atoms with Gasteiger partial charge in [0, 0.05) is 23.9 Å². The summed E-state index contributed by atoms with van der Waals surface area (Å²) in [4.78, 5) is 24.9. The number of benzene rings is 2. The van der Waals surface area contributed by atoms with Crippen molar-refractivity contribution in [3.63, 3.8) is 0 Å². The third kappa shape index (κ3) is 6.72. The monoisotopic (exact) mass is 497 g/mol. The van der Waals surface area contributed by atoms with Crippen LogP contribution in [-0.4, -0.2) is 45.2 Å². The highest BCUT2D eigenvalue weighted by molar-refractivity contribution is 6.33. The molecule has 0 radical (unpaired) electrons. The third-order valence-electron chi connectivity index (χ3n) is 4.21. The molecule has 0 aliphatic carbocycles. The summed E-state index contributed by atoms with van der Waals surface area (Å²) in [6, 6.07) is 4.66. The van der Waals surface area contributed by atoms with Crippen LogP contribution in [0.25, 0.3) is 0 Å². The van der Waals surface area contributed by atoms with E-state index in [1.165, 1.54) is 33.3 Å². The lowest BCUT2D eigenvalue weighted by Gasteiger charge is -2.14. The summed E-state index contributed by atoms with van der Waals surface area (Å²) in [6.07, 6.45) is 0. The molecule has 0 aliphatic heterocycles. The van der Waals surface area contributed by atoms with Gasteiger partial charge in [-0.25, -0.2) is 0 Å². The minimum absolute atomic E-state index is 0.223. The number of hydrogen-bond acceptors (Lipinski definition) is 8. The first-order valence-corrected chi connectivity index (χ1v) is 10.7. The highest BCUT2D eigenvalue weighted by Gasteiger charge is 2.24. The van der Waals surface area contributed by atoms with Crippen molar-refractivity contribution in [1.82, 2.24) is 0 Å². The highest BCUT2D eigenvalue weighted by atomic mass is 35.5. The molecule has 0 aromatic heterocycles. The van der Waals surface area contributed by atoms with E-state index < -0.39 is 17.7 Å². The number of ketones is 1. The van der Waals surface area contributed by atoms with E-state index in [-0.39, 0.29) is 5.02 Å². The molecule has 0 fully saturated rings. The molecular formula is C22H25Cl2N3O6. The van der Waals surface area contributed by atoms with Gasteiger partial charge in [0.2, 0.25) is 6.04 Å². The van der Waals surface area contributed by atoms with Crippen LogP contribution in [0.3, 0.4) is 0 Å². The Hall–Kier alpha value is -3.04. The minimum atomic E-state index is -1.40. The molecule has 178 valence electrons. The van der Waals surface area contributed by atoms with E-state index in [1.807, 2.05) is 0 Å². The SMILES string of the molecule is CCOc1cc(N=NC(C(C)=O)C(=O)Nc2cc(Cl)c(OC)c(OC)c2)cc(OCC)c1Cl. The summed E-state index contributed by atoms with van der Waals surface area (Å²) in [5.74, 6) is 0.128. The third-order valence-corrected chi connectivity index (χ3v) is 4.87. The molecule has 0 saturated carbocycles. The minimum Gasteiger partial charge on any atom is -0.493 e. The molecule has 11 heteroatoms. The van der Waals surface area contributed by atoms with Gasteiger partial charge in [-0.2, -0.15) is 10.2 Å². The number of nitrogens with zero attached hydrogens (tertiary/aromatic N) is 2. The van der Waals surface area contributed by atoms with Crippen molar-refractivity contribution in [3.8, 4) is 23.0 Å². The fraction of sp³-hybridized carbons (Fsp3) is 0.364. The Morgan fingerprint density at radius 3 is 2.06 bits per heavy atom. The van der Waals surface area contributed by atoms with E-state index >= 15 is 0 Å². The number of halogens is 2. The molecule has 0 heterocycles. The van der Waals surface area contributed by atoms with Gasteiger partial charge in [0.1, 0.15) is 16.5 Å². The molecule has 33 heavy (non-hydrogen) atoms. The van der Waals surface area contributed by atoms with Crippen molar-refractivity contribution in [2.75, 3.05) is 32.8 Å². The first-order valence-electron chi connectivity index (χ1n) is 9.98. The average molecular weight is 498 g/mol. The Morgan fingerprint density at radius 1 is 0.970 bits per heavy atom. The van der Waals surface area contributed by atoms with Crippen LogP contribution < -0.4 is 24.3 Å². The lowest BCUT2D eigenvalue weighted by molar-refractivity contribution is -0.126. The molecule has 9 nitrogen and oxygen atoms in total. The van der Waals surface area contributed by atoms with Crippen LogP contribution in [0, 0.1) is 0 Å². The summed E-state index contributed by atoms with van der Waals surface area (Å²) in [5.41, 5.74) is 0.604. The van der Waals surface area contributed by atoms with Gasteiger partial charge >= 0.3 is 0 Å². The maximum Gasteiger partial charge on any atom is 0.258 e. The van der Waals surface area contributed by atoms with Gasteiger partial charge in [-0.3, -0.25) is 9.59 Å². The van der Waals surface area contributed by atoms with Crippen LogP contribution in [0.4, 0.5) is 11.4 Å². The van der Waals surface area contributed by atoms with Crippen LogP contribution in [0.1, 0.15) is 20.8 Å². The number of carbonyl (C=O) groups is 2. The van der Waals surface area contributed by atoms with E-state index in [0.717, 1.165) is 0 Å². The van der Waals surface area contributed by atoms with Crippen LogP contribution in [0.15, 0.2) is 34.5 Å². The number of methoxy groups -OCH3 is 2. The van der Waals surface area contributed by atoms with Crippen molar-refractivity contribution >= 4 is 46.3 Å². The van der Waals surface area contributed by atoms with Gasteiger partial charge in [0.25, 0.3) is 5.91 Å². The molecule has 2 aromatic rings. The number of hydrogen-bond donors (Lipinski definition) is 1. The molecule has 2 rings (SSSR count). The van der Waals surface area contributed by atoms with E-state index in [4.69, 9.17) is 42.1 Å². The molecule has 0 saturated heterocycles. The Morgan fingerprint density at radius 2 is 1.58 bits per heavy atom. The standard InChI is InChI=1S/C22H25Cl2N3O6/c1-6-32-16-10-14(11-17(19(16)24)33-7-2)26-27-20(12(3)28)22(29)25-13-8-15(23)21(31-5)18(9-13)30-4/h8-11,20H,6-7H2,1-5H3,(H,25,29). The van der Waals surface area contributed by atoms with Crippen molar-refractivity contribution in [3.05, 3.63) is 34.3 Å². The smallest absolute Gasteiger partial charge is 0.258 e. The summed E-state index contributed by atoms with van der Waals surface area (Å²) in [7, 11) is 2.88. The Labute approximate surface area is 202 Å². The average Bonchev–Trinajstić information content (AvgIpc) is 2.76. The van der Waals surface area contributed by atoms with Crippen molar-refractivity contribution in [2.45, 2.75) is 26.8 Å². The Balaban J connectivity index is 2.32. The van der Waals surface area contributed by atoms with E-state index in [9.17, 15) is 9.59 Å². The number of nitrogens with one attached hydrogen (secondary N) is 1. The second kappa shape index (κ2) is 12.3. The highest BCUT2D eigenvalue weighted by Crippen LogP contribution is 2.39. The van der Waals surface area contributed by atoms with E-state index in [0.29, 0.717) is 52.6 Å². The van der Waals surface area contributed by atoms with Gasteiger partial charge in [-0.05, 0) is 26.8 Å². The number of rotatable bonds is 11. The molecule has 1 N–H and O–H groups in total. The fourth-order valence-corrected chi connectivity index (χ4v) is 3.29. The van der Waals surface area contributed by atoms with Gasteiger partial charge in [-0.15, -0.1) is 0 Å². The molecule has 1 unspecified atom stereocenters. The summed E-state index contributed by atoms with van der Waals surface area (Å²) < 4.78 is 21.4. The zero-order chi connectivity index (χ0) is 24.5. The molecule has 1 atom stereocenters. The number of ether oxygens (including phenoxy) is 4. The predicted octanol–water partition coefficient (Wildman–Crippen LogP) is 5.49. The molecule has 0 bridgehead atoms. The van der Waals surface area contributed by atoms with Crippen LogP contribution >= 0.6 is 23.2 Å². The first-order chi connectivity index (χ1) is 15.7. The largest absolute Gasteiger partial charge is 0.493 e. The maximum absolute atomic E-state index is 12.8. The first kappa shape index (κ1) is 26.2. The zero-order valence-electron chi connectivity index (χ0n) is 18.9. The van der Waals surface area contributed by atoms with Gasteiger partial charge in [0.15, 0.2) is 17.3 Å². The number of amides is 1. The summed E-state index contributed by atoms with van der Waals surface area (Å²) in [6.45, 7) is 5.60. The van der Waals surface area contributed by atoms with Crippen LogP contribution in [-0.2, 0) is 9.59 Å². The Bertz CT molecular complexity index is 1020. The number of Topliss-reactive ketones (excluding diaryl/α,β-unsaturated/α-hetero) is 1. The number of azo groups is 1. The van der Waals surface area contributed by atoms with Crippen molar-refractivity contribution in [2.24, 2.45) is 10.2 Å². The van der Waals surface area contributed by atoms with Crippen molar-refractivity contribution in [1.29, 1.82) is 0 Å². The quantitative estimate of drug-likeness (QED) is 0.324. The molecule has 1 amide bonds. The second-order valence-electron chi connectivity index (χ2n) is 6.53. The predicted molar refractivity (Wildman–Crippen MR) is 126 cm³/mol. The number of carbonyl (C=O) groups excluding carboxylic acids is 2. The van der Waals surface area contributed by atoms with Gasteiger partial charge in [-0.1, -0.05) is 23.2 Å². The zero-order valence-corrected chi connectivity index (χ0v) is 20.4. The van der Waals surface area contributed by atoms with E-state index in [1.54, 1.807) is 26.0 Å².